The lowest BCUT2D eigenvalue weighted by Gasteiger charge is -2.46. The van der Waals surface area contributed by atoms with E-state index < -0.39 is 5.60 Å². The highest BCUT2D eigenvalue weighted by Crippen LogP contribution is 2.31. The fourth-order valence-electron chi connectivity index (χ4n) is 1.73. The first-order valence-electron chi connectivity index (χ1n) is 4.47. The third-order valence-electron chi connectivity index (χ3n) is 2.30. The van der Waals surface area contributed by atoms with E-state index in [9.17, 15) is 5.11 Å². The van der Waals surface area contributed by atoms with Gasteiger partial charge in [0.15, 0.2) is 0 Å². The topological polar surface area (TPSA) is 49.2 Å². The van der Waals surface area contributed by atoms with Crippen molar-refractivity contribution in [2.45, 2.75) is 25.4 Å². The summed E-state index contributed by atoms with van der Waals surface area (Å²) in [5.41, 5.74) is 1.24. The van der Waals surface area contributed by atoms with Crippen LogP contribution in [0.4, 0.5) is 5.13 Å². The number of nitrogens with zero attached hydrogens (tertiary/aromatic N) is 3. The van der Waals surface area contributed by atoms with E-state index in [0.29, 0.717) is 13.1 Å². The van der Waals surface area contributed by atoms with E-state index in [-0.39, 0.29) is 0 Å². The molecular weight excluding hydrogens is 186 g/mol. The summed E-state index contributed by atoms with van der Waals surface area (Å²) >= 11 is 1.52. The molecule has 1 fully saturated rings. The minimum absolute atomic E-state index is 0.472. The second-order valence-electron chi connectivity index (χ2n) is 3.55. The molecule has 2 rings (SSSR count). The monoisotopic (exact) mass is 199 g/mol. The van der Waals surface area contributed by atoms with E-state index in [2.05, 4.69) is 22.0 Å². The molecule has 0 atom stereocenters. The van der Waals surface area contributed by atoms with Crippen LogP contribution >= 0.6 is 11.3 Å². The molecule has 0 aliphatic carbocycles. The molecule has 1 aliphatic heterocycles. The van der Waals surface area contributed by atoms with Crippen molar-refractivity contribution < 1.29 is 5.11 Å². The van der Waals surface area contributed by atoms with E-state index in [1.807, 2.05) is 0 Å². The standard InChI is InChI=1S/C8H13N3OS/c1-2-3-8(12)4-11(5-8)7-10-9-6-13-7/h6,12H,2-5H2,1H3. The van der Waals surface area contributed by atoms with E-state index in [1.54, 1.807) is 5.51 Å². The van der Waals surface area contributed by atoms with Gasteiger partial charge in [-0.3, -0.25) is 0 Å². The Morgan fingerprint density at radius 3 is 3.00 bits per heavy atom. The molecule has 5 heteroatoms. The minimum atomic E-state index is -0.472. The van der Waals surface area contributed by atoms with Gasteiger partial charge in [-0.05, 0) is 6.42 Å². The molecule has 13 heavy (non-hydrogen) atoms. The summed E-state index contributed by atoms with van der Waals surface area (Å²) in [7, 11) is 0. The van der Waals surface area contributed by atoms with Crippen molar-refractivity contribution >= 4 is 16.5 Å². The molecule has 1 N–H and O–H groups in total. The van der Waals surface area contributed by atoms with E-state index in [0.717, 1.165) is 18.0 Å². The fraction of sp³-hybridized carbons (Fsp3) is 0.750. The lowest BCUT2D eigenvalue weighted by atomic mass is 9.90. The molecule has 2 heterocycles. The zero-order valence-electron chi connectivity index (χ0n) is 7.60. The summed E-state index contributed by atoms with van der Waals surface area (Å²) in [5, 5.41) is 18.5. The molecule has 0 aromatic carbocycles. The van der Waals surface area contributed by atoms with E-state index in [1.165, 1.54) is 11.3 Å². The Morgan fingerprint density at radius 1 is 1.69 bits per heavy atom. The Morgan fingerprint density at radius 2 is 2.46 bits per heavy atom. The Balaban J connectivity index is 1.91. The average Bonchev–Trinajstić information content (AvgIpc) is 2.52. The van der Waals surface area contributed by atoms with Crippen LogP contribution in [0, 0.1) is 0 Å². The third kappa shape index (κ3) is 1.66. The summed E-state index contributed by atoms with van der Waals surface area (Å²) in [6.07, 6.45) is 1.91. The van der Waals surface area contributed by atoms with Crippen LogP contribution in [0.3, 0.4) is 0 Å². The number of aliphatic hydroxyl groups is 1. The average molecular weight is 199 g/mol. The summed E-state index contributed by atoms with van der Waals surface area (Å²) < 4.78 is 0. The number of rotatable bonds is 3. The molecule has 0 spiro atoms. The maximum Gasteiger partial charge on any atom is 0.208 e. The van der Waals surface area contributed by atoms with Gasteiger partial charge in [-0.25, -0.2) is 0 Å². The van der Waals surface area contributed by atoms with Gasteiger partial charge in [0.25, 0.3) is 0 Å². The van der Waals surface area contributed by atoms with Crippen LogP contribution in [-0.2, 0) is 0 Å². The van der Waals surface area contributed by atoms with Gasteiger partial charge >= 0.3 is 0 Å². The van der Waals surface area contributed by atoms with Crippen molar-refractivity contribution in [3.8, 4) is 0 Å². The van der Waals surface area contributed by atoms with Crippen molar-refractivity contribution in [2.24, 2.45) is 0 Å². The summed E-state index contributed by atoms with van der Waals surface area (Å²) in [6.45, 7) is 3.50. The number of hydrogen-bond donors (Lipinski definition) is 1. The Bertz CT molecular complexity index is 269. The molecule has 0 bridgehead atoms. The lowest BCUT2D eigenvalue weighted by Crippen LogP contribution is -2.61. The van der Waals surface area contributed by atoms with Gasteiger partial charge in [0.1, 0.15) is 5.51 Å². The third-order valence-corrected chi connectivity index (χ3v) is 3.06. The first-order chi connectivity index (χ1) is 6.23. The predicted molar refractivity (Wildman–Crippen MR) is 52.0 cm³/mol. The summed E-state index contributed by atoms with van der Waals surface area (Å²) in [6, 6.07) is 0. The van der Waals surface area contributed by atoms with Crippen molar-refractivity contribution in [1.82, 2.24) is 10.2 Å². The van der Waals surface area contributed by atoms with Crippen LogP contribution in [0.25, 0.3) is 0 Å². The van der Waals surface area contributed by atoms with Crippen molar-refractivity contribution in [3.05, 3.63) is 5.51 Å². The van der Waals surface area contributed by atoms with Crippen LogP contribution in [0.1, 0.15) is 19.8 Å². The maximum atomic E-state index is 9.89. The second-order valence-corrected chi connectivity index (χ2v) is 4.36. The first kappa shape index (κ1) is 8.90. The van der Waals surface area contributed by atoms with Crippen LogP contribution in [0.2, 0.25) is 0 Å². The van der Waals surface area contributed by atoms with Crippen LogP contribution < -0.4 is 4.90 Å². The number of hydrogen-bond acceptors (Lipinski definition) is 5. The molecule has 0 amide bonds. The van der Waals surface area contributed by atoms with E-state index >= 15 is 0 Å². The minimum Gasteiger partial charge on any atom is -0.386 e. The molecule has 1 saturated heterocycles. The lowest BCUT2D eigenvalue weighted by molar-refractivity contribution is 0.00332. The SMILES string of the molecule is CCCC1(O)CN(c2nncs2)C1. The second kappa shape index (κ2) is 3.23. The normalized spacial score (nSPS) is 20.0. The number of β-amino-alcohol motifs (C(OH)–C–C–N with tert-alkyl or cyclic N) is 1. The van der Waals surface area contributed by atoms with Crippen LogP contribution in [-0.4, -0.2) is 34.0 Å². The Labute approximate surface area is 81.2 Å². The first-order valence-corrected chi connectivity index (χ1v) is 5.35. The van der Waals surface area contributed by atoms with E-state index in [4.69, 9.17) is 0 Å². The maximum absolute atomic E-state index is 9.89. The highest BCUT2D eigenvalue weighted by Gasteiger charge is 2.41. The van der Waals surface area contributed by atoms with Gasteiger partial charge in [0.2, 0.25) is 5.13 Å². The zero-order chi connectivity index (χ0) is 9.31. The molecule has 1 aromatic heterocycles. The summed E-state index contributed by atoms with van der Waals surface area (Å²) in [5.74, 6) is 0. The molecule has 0 unspecified atom stereocenters. The van der Waals surface area contributed by atoms with Gasteiger partial charge in [-0.2, -0.15) is 0 Å². The van der Waals surface area contributed by atoms with Gasteiger partial charge in [-0.15, -0.1) is 10.2 Å². The molecule has 1 aliphatic rings. The Hall–Kier alpha value is -0.680. The molecular formula is C8H13N3OS. The number of anilines is 1. The smallest absolute Gasteiger partial charge is 0.208 e. The molecule has 4 nitrogen and oxygen atoms in total. The Kier molecular flexibility index (Phi) is 2.21. The highest BCUT2D eigenvalue weighted by molar-refractivity contribution is 7.13. The zero-order valence-corrected chi connectivity index (χ0v) is 8.42. The predicted octanol–water partition coefficient (Wildman–Crippen LogP) is 0.889. The van der Waals surface area contributed by atoms with Crippen molar-refractivity contribution in [1.29, 1.82) is 0 Å². The van der Waals surface area contributed by atoms with Gasteiger partial charge < -0.3 is 10.0 Å². The van der Waals surface area contributed by atoms with Crippen molar-refractivity contribution in [2.75, 3.05) is 18.0 Å². The van der Waals surface area contributed by atoms with Crippen molar-refractivity contribution in [3.63, 3.8) is 0 Å². The quantitative estimate of drug-likeness (QED) is 0.785. The number of aromatic nitrogens is 2. The fourth-order valence-corrected chi connectivity index (χ4v) is 2.29. The molecule has 72 valence electrons. The van der Waals surface area contributed by atoms with Crippen LogP contribution in [0.5, 0.6) is 0 Å². The molecule has 0 radical (unpaired) electrons. The molecule has 1 aromatic rings. The van der Waals surface area contributed by atoms with Crippen LogP contribution in [0.15, 0.2) is 5.51 Å². The van der Waals surface area contributed by atoms with Gasteiger partial charge in [-0.1, -0.05) is 24.7 Å². The van der Waals surface area contributed by atoms with Gasteiger partial charge in [0, 0.05) is 0 Å². The summed E-state index contributed by atoms with van der Waals surface area (Å²) in [4.78, 5) is 2.06. The largest absolute Gasteiger partial charge is 0.386 e. The molecule has 0 saturated carbocycles. The van der Waals surface area contributed by atoms with Gasteiger partial charge in [0.05, 0.1) is 18.7 Å². The highest BCUT2D eigenvalue weighted by atomic mass is 32.1.